The number of alkyl halides is 3. The van der Waals surface area contributed by atoms with E-state index in [-0.39, 0.29) is 5.56 Å². The van der Waals surface area contributed by atoms with Crippen LogP contribution >= 0.6 is 0 Å². The van der Waals surface area contributed by atoms with Crippen molar-refractivity contribution in [3.63, 3.8) is 0 Å². The van der Waals surface area contributed by atoms with Crippen LogP contribution in [0.4, 0.5) is 13.2 Å². The molecule has 0 amide bonds. The van der Waals surface area contributed by atoms with Gasteiger partial charge in [0.25, 0.3) is 0 Å². The third-order valence-corrected chi connectivity index (χ3v) is 23.0. The fourth-order valence-corrected chi connectivity index (χ4v) is 18.2. The monoisotopic (exact) mass is 1440 g/mol. The molecule has 0 atom stereocenters. The minimum Gasteiger partial charge on any atom is -0.309 e. The van der Waals surface area contributed by atoms with Crippen molar-refractivity contribution in [2.24, 2.45) is 0 Å². The first-order valence-electron chi connectivity index (χ1n) is 37.7. The van der Waals surface area contributed by atoms with Crippen molar-refractivity contribution in [3.05, 3.63) is 376 Å². The van der Waals surface area contributed by atoms with Gasteiger partial charge < -0.3 is 27.4 Å². The zero-order valence-corrected chi connectivity index (χ0v) is 59.9. The molecule has 23 rings (SSSR count). The summed E-state index contributed by atoms with van der Waals surface area (Å²) >= 11 is 0. The molecule has 526 valence electrons. The lowest BCUT2D eigenvalue weighted by molar-refractivity contribution is -0.137. The summed E-state index contributed by atoms with van der Waals surface area (Å²) in [6.45, 7) is 0. The number of benzene rings is 16. The Hall–Kier alpha value is -14.8. The first kappa shape index (κ1) is 63.3. The van der Waals surface area contributed by atoms with E-state index < -0.39 is 11.7 Å². The van der Waals surface area contributed by atoms with Crippen molar-refractivity contribution in [3.8, 4) is 79.2 Å². The Morgan fingerprint density at radius 1 is 0.196 bits per heavy atom. The fraction of sp³-hybridized carbons (Fsp3) is 0.00990. The Labute approximate surface area is 638 Å². The molecule has 0 aliphatic heterocycles. The third-order valence-electron chi connectivity index (χ3n) is 23.0. The van der Waals surface area contributed by atoms with Crippen molar-refractivity contribution >= 4 is 131 Å². The largest absolute Gasteiger partial charge is 0.417 e. The van der Waals surface area contributed by atoms with Gasteiger partial charge in [0.1, 0.15) is 0 Å². The van der Waals surface area contributed by atoms with Gasteiger partial charge in [-0.2, -0.15) is 13.2 Å². The van der Waals surface area contributed by atoms with Crippen LogP contribution in [0.15, 0.2) is 370 Å². The molecule has 0 bridgehead atoms. The van der Waals surface area contributed by atoms with E-state index in [4.69, 9.17) is 9.97 Å². The first-order valence-corrected chi connectivity index (χ1v) is 37.7. The summed E-state index contributed by atoms with van der Waals surface area (Å²) in [5, 5.41) is 12.8. The van der Waals surface area contributed by atoms with Crippen molar-refractivity contribution < 1.29 is 13.2 Å². The minimum atomic E-state index is -4.85. The molecule has 112 heavy (non-hydrogen) atoms. The second kappa shape index (κ2) is 24.4. The van der Waals surface area contributed by atoms with E-state index in [2.05, 4.69) is 294 Å². The molecular formula is C101H61F3N8. The Morgan fingerprint density at radius 3 is 0.812 bits per heavy atom. The SMILES string of the molecule is FC(F)(F)c1ccc(-n2c3ccc(-n4c5ccccc5c5ccccc54)cc3c3cc(-n4c5ccccc5c5ccccc54)ccc32)cc1-c1cc(-c2cc(-c3ccccc3)nc(-c3ccccc3)n2)ccc1-n1c2ccc(-n3c4ccccc4c4ccccc43)cc2c2cc(-n3c4ccccc4c4ccccc43)ccc21. The zero-order chi connectivity index (χ0) is 74.0. The molecule has 0 unspecified atom stereocenters. The summed E-state index contributed by atoms with van der Waals surface area (Å²) in [5.74, 6) is 0.482. The van der Waals surface area contributed by atoms with Crippen molar-refractivity contribution in [2.45, 2.75) is 6.18 Å². The maximum atomic E-state index is 17.2. The lowest BCUT2D eigenvalue weighted by atomic mass is 9.93. The second-order valence-corrected chi connectivity index (χ2v) is 29.1. The normalized spacial score (nSPS) is 12.2. The number of fused-ring (bicyclic) bond motifs is 18. The van der Waals surface area contributed by atoms with Gasteiger partial charge in [0.05, 0.1) is 88.8 Å². The smallest absolute Gasteiger partial charge is 0.309 e. The van der Waals surface area contributed by atoms with E-state index in [1.54, 1.807) is 12.1 Å². The summed E-state index contributed by atoms with van der Waals surface area (Å²) in [5.41, 5.74) is 19.6. The summed E-state index contributed by atoms with van der Waals surface area (Å²) in [7, 11) is 0. The van der Waals surface area contributed by atoms with E-state index in [0.717, 1.165) is 165 Å². The summed E-state index contributed by atoms with van der Waals surface area (Å²) < 4.78 is 65.1. The zero-order valence-electron chi connectivity index (χ0n) is 59.9. The summed E-state index contributed by atoms with van der Waals surface area (Å²) in [6, 6.07) is 127. The molecule has 0 saturated heterocycles. The highest BCUT2D eigenvalue weighted by atomic mass is 19.4. The number of hydrogen-bond donors (Lipinski definition) is 0. The highest BCUT2D eigenvalue weighted by Crippen LogP contribution is 2.48. The van der Waals surface area contributed by atoms with Crippen LogP contribution in [-0.2, 0) is 6.18 Å². The molecular weight excluding hydrogens is 1380 g/mol. The molecule has 0 aliphatic carbocycles. The molecule has 8 nitrogen and oxygen atoms in total. The maximum absolute atomic E-state index is 17.2. The van der Waals surface area contributed by atoms with E-state index >= 15 is 13.2 Å². The molecule has 7 aromatic heterocycles. The molecule has 0 N–H and O–H groups in total. The second-order valence-electron chi connectivity index (χ2n) is 29.1. The predicted octanol–water partition coefficient (Wildman–Crippen LogP) is 26.7. The van der Waals surface area contributed by atoms with Crippen molar-refractivity contribution in [2.75, 3.05) is 0 Å². The van der Waals surface area contributed by atoms with Gasteiger partial charge in [0, 0.05) is 115 Å². The quantitative estimate of drug-likeness (QED) is 0.137. The van der Waals surface area contributed by atoms with Crippen LogP contribution in [0.3, 0.4) is 0 Å². The van der Waals surface area contributed by atoms with Gasteiger partial charge in [-0.3, -0.25) is 0 Å². The molecule has 0 fully saturated rings. The van der Waals surface area contributed by atoms with E-state index in [1.165, 1.54) is 6.07 Å². The first-order chi connectivity index (χ1) is 55.2. The predicted molar refractivity (Wildman–Crippen MR) is 455 cm³/mol. The molecule has 0 saturated carbocycles. The molecule has 16 aromatic carbocycles. The van der Waals surface area contributed by atoms with E-state index in [1.807, 2.05) is 84.9 Å². The molecule has 11 heteroatoms. The standard InChI is InChI=1S/C101H61F3N8/c102-101(103,104)84-49-44-65(111-95-51-45-66(107-87-35-15-7-27-70(87)71-28-8-16-36-88(71)107)57-80(95)81-58-67(46-52-96(81)111)108-89-37-17-9-29-72(89)73-30-10-18-38-90(73)108)56-78(84)79-55-64(86-61-85(62-23-3-1-4-24-62)105-100(106-86)63-25-5-2-6-26-63)43-50-97(79)112-98-53-47-68(109-91-39-19-11-31-74(91)75-32-12-20-40-92(75)109)59-82(98)83-60-69(48-54-99(83)112)110-93-41-21-13-33-76(93)77-34-14-22-42-94(77)110/h1-61H. The molecule has 0 aliphatic rings. The van der Waals surface area contributed by atoms with Gasteiger partial charge in [0.15, 0.2) is 5.82 Å². The van der Waals surface area contributed by atoms with Gasteiger partial charge in [0.2, 0.25) is 0 Å². The fourth-order valence-electron chi connectivity index (χ4n) is 18.2. The Kier molecular flexibility index (Phi) is 13.8. The number of rotatable bonds is 10. The number of para-hydroxylation sites is 8. The lowest BCUT2D eigenvalue weighted by Crippen LogP contribution is -2.10. The molecule has 7 heterocycles. The Balaban J connectivity index is 0.811. The van der Waals surface area contributed by atoms with Crippen LogP contribution in [0.5, 0.6) is 0 Å². The molecule has 0 spiro atoms. The molecule has 0 radical (unpaired) electrons. The van der Waals surface area contributed by atoms with Crippen LogP contribution in [0.1, 0.15) is 5.56 Å². The van der Waals surface area contributed by atoms with Crippen molar-refractivity contribution in [1.29, 1.82) is 0 Å². The number of halogens is 3. The van der Waals surface area contributed by atoms with Crippen LogP contribution in [0.2, 0.25) is 0 Å². The van der Waals surface area contributed by atoms with E-state index in [9.17, 15) is 0 Å². The van der Waals surface area contributed by atoms with Gasteiger partial charge in [-0.05, 0) is 163 Å². The van der Waals surface area contributed by atoms with E-state index in [0.29, 0.717) is 39.7 Å². The Bertz CT molecular complexity index is 7270. The van der Waals surface area contributed by atoms with Crippen LogP contribution in [-0.4, -0.2) is 37.4 Å². The lowest BCUT2D eigenvalue weighted by Gasteiger charge is -2.21. The summed E-state index contributed by atoms with van der Waals surface area (Å²) in [6.07, 6.45) is -4.85. The van der Waals surface area contributed by atoms with Gasteiger partial charge in [-0.15, -0.1) is 0 Å². The van der Waals surface area contributed by atoms with Crippen LogP contribution in [0.25, 0.3) is 210 Å². The Morgan fingerprint density at radius 2 is 0.473 bits per heavy atom. The van der Waals surface area contributed by atoms with Crippen LogP contribution < -0.4 is 0 Å². The minimum absolute atomic E-state index is 0.0138. The number of aromatic nitrogens is 8. The average Bonchev–Trinajstić information content (AvgIpc) is 1.55. The topological polar surface area (TPSA) is 55.4 Å². The number of hydrogen-bond acceptors (Lipinski definition) is 2. The third kappa shape index (κ3) is 9.56. The van der Waals surface area contributed by atoms with Crippen LogP contribution in [0, 0.1) is 0 Å². The van der Waals surface area contributed by atoms with Crippen molar-refractivity contribution in [1.82, 2.24) is 37.4 Å². The highest BCUT2D eigenvalue weighted by Gasteiger charge is 2.36. The maximum Gasteiger partial charge on any atom is 0.417 e. The molecule has 23 aromatic rings. The summed E-state index contributed by atoms with van der Waals surface area (Å²) in [4.78, 5) is 10.5. The van der Waals surface area contributed by atoms with Gasteiger partial charge in [-0.25, -0.2) is 9.97 Å². The number of nitrogens with zero attached hydrogens (tertiary/aromatic N) is 8. The average molecular weight is 1440 g/mol. The highest BCUT2D eigenvalue weighted by molar-refractivity contribution is 6.17. The van der Waals surface area contributed by atoms with Gasteiger partial charge in [-0.1, -0.05) is 212 Å². The van der Waals surface area contributed by atoms with Gasteiger partial charge >= 0.3 is 6.18 Å².